The van der Waals surface area contributed by atoms with Crippen molar-refractivity contribution in [3.63, 3.8) is 0 Å². The standard InChI is InChI=1S/C24H24N2O4S/c1-2-3-4-8-15-30-21-13-11-20-17-22(14-12-19(20)16-21)31(28,29)24(26-25)23(27)18-9-6-5-7-10-18/h5-7,9-14,16-17H,2-4,8,15H2,1H3. The normalized spacial score (nSPS) is 11.1. The summed E-state index contributed by atoms with van der Waals surface area (Å²) in [5.41, 5.74) is 9.44. The molecule has 160 valence electrons. The Bertz CT molecular complexity index is 1230. The van der Waals surface area contributed by atoms with Gasteiger partial charge in [0.05, 0.1) is 11.5 Å². The lowest BCUT2D eigenvalue weighted by molar-refractivity contribution is -0.00158. The molecule has 0 spiro atoms. The molecule has 0 amide bonds. The van der Waals surface area contributed by atoms with Gasteiger partial charge in [0.25, 0.3) is 15.6 Å². The lowest BCUT2D eigenvalue weighted by Gasteiger charge is -2.08. The van der Waals surface area contributed by atoms with Crippen LogP contribution in [0.5, 0.6) is 5.75 Å². The number of carbonyl (C=O) groups excluding carboxylic acids is 1. The molecule has 0 aromatic heterocycles. The molecule has 0 aliphatic carbocycles. The first kappa shape index (κ1) is 22.4. The number of sulfone groups is 1. The smallest absolute Gasteiger partial charge is 0.456 e. The number of carbonyl (C=O) groups is 1. The fourth-order valence-electron chi connectivity index (χ4n) is 3.22. The van der Waals surface area contributed by atoms with Crippen molar-refractivity contribution in [2.45, 2.75) is 37.5 Å². The SMILES string of the molecule is CCCCCCOc1ccc2cc(S(=O)(=O)C(=[N+]=[N-])C(=O)c3ccccc3)ccc2c1. The maximum absolute atomic E-state index is 13.0. The van der Waals surface area contributed by atoms with E-state index in [4.69, 9.17) is 4.74 Å². The summed E-state index contributed by atoms with van der Waals surface area (Å²) in [5.74, 6) is -0.147. The second-order valence-electron chi connectivity index (χ2n) is 7.18. The van der Waals surface area contributed by atoms with E-state index in [-0.39, 0.29) is 10.5 Å². The number of ether oxygens (including phenoxy) is 1. The van der Waals surface area contributed by atoms with Gasteiger partial charge in [0.2, 0.25) is 0 Å². The zero-order chi connectivity index (χ0) is 22.3. The minimum absolute atomic E-state index is 0.120. The molecule has 31 heavy (non-hydrogen) atoms. The Labute approximate surface area is 182 Å². The molecule has 3 aromatic rings. The van der Waals surface area contributed by atoms with Gasteiger partial charge >= 0.3 is 5.04 Å². The summed E-state index contributed by atoms with van der Waals surface area (Å²) >= 11 is 0. The van der Waals surface area contributed by atoms with E-state index in [9.17, 15) is 18.7 Å². The van der Waals surface area contributed by atoms with Crippen LogP contribution in [0.25, 0.3) is 16.3 Å². The van der Waals surface area contributed by atoms with Crippen LogP contribution in [-0.2, 0) is 9.84 Å². The quantitative estimate of drug-likeness (QED) is 0.117. The van der Waals surface area contributed by atoms with Crippen LogP contribution in [-0.4, -0.2) is 30.6 Å². The van der Waals surface area contributed by atoms with Gasteiger partial charge < -0.3 is 10.3 Å². The molecule has 0 saturated carbocycles. The van der Waals surface area contributed by atoms with Crippen LogP contribution < -0.4 is 4.74 Å². The minimum atomic E-state index is -4.30. The van der Waals surface area contributed by atoms with Gasteiger partial charge in [-0.1, -0.05) is 68.7 Å². The van der Waals surface area contributed by atoms with Crippen LogP contribution >= 0.6 is 0 Å². The maximum atomic E-state index is 13.0. The Hall–Kier alpha value is -3.28. The summed E-state index contributed by atoms with van der Waals surface area (Å²) in [6, 6.07) is 17.7. The fourth-order valence-corrected chi connectivity index (χ4v) is 4.45. The third-order valence-corrected chi connectivity index (χ3v) is 6.59. The number of fused-ring (bicyclic) bond motifs is 1. The van der Waals surface area contributed by atoms with Gasteiger partial charge in [0.15, 0.2) is 0 Å². The fraction of sp³-hybridized carbons (Fsp3) is 0.250. The van der Waals surface area contributed by atoms with E-state index in [1.165, 1.54) is 37.1 Å². The van der Waals surface area contributed by atoms with Gasteiger partial charge in [0.1, 0.15) is 5.75 Å². The van der Waals surface area contributed by atoms with E-state index in [1.54, 1.807) is 36.4 Å². The molecule has 3 aromatic carbocycles. The summed E-state index contributed by atoms with van der Waals surface area (Å²) in [4.78, 5) is 15.3. The van der Waals surface area contributed by atoms with E-state index in [2.05, 4.69) is 11.7 Å². The van der Waals surface area contributed by atoms with Gasteiger partial charge in [-0.15, -0.1) is 4.79 Å². The highest BCUT2D eigenvalue weighted by Gasteiger charge is 2.38. The number of unbranched alkanes of at least 4 members (excludes halogenated alkanes) is 3. The van der Waals surface area contributed by atoms with Gasteiger partial charge in [-0.25, -0.2) is 8.42 Å². The summed E-state index contributed by atoms with van der Waals surface area (Å²) < 4.78 is 31.7. The molecule has 6 nitrogen and oxygen atoms in total. The largest absolute Gasteiger partial charge is 0.494 e. The first-order valence-electron chi connectivity index (χ1n) is 10.2. The molecule has 0 aliphatic rings. The lowest BCUT2D eigenvalue weighted by Crippen LogP contribution is -2.26. The van der Waals surface area contributed by atoms with Crippen LogP contribution in [0.1, 0.15) is 43.0 Å². The minimum Gasteiger partial charge on any atom is -0.494 e. The average Bonchev–Trinajstić information content (AvgIpc) is 2.79. The van der Waals surface area contributed by atoms with Crippen molar-refractivity contribution in [2.24, 2.45) is 0 Å². The molecule has 0 N–H and O–H groups in total. The van der Waals surface area contributed by atoms with Crippen LogP contribution in [0.4, 0.5) is 0 Å². The van der Waals surface area contributed by atoms with E-state index in [0.29, 0.717) is 12.0 Å². The molecule has 0 atom stereocenters. The summed E-state index contributed by atoms with van der Waals surface area (Å²) in [7, 11) is -4.30. The molecule has 3 rings (SSSR count). The molecule has 7 heteroatoms. The number of nitrogens with zero attached hydrogens (tertiary/aromatic N) is 2. The van der Waals surface area contributed by atoms with Crippen molar-refractivity contribution in [1.29, 1.82) is 0 Å². The Morgan fingerprint density at radius 3 is 2.35 bits per heavy atom. The predicted octanol–water partition coefficient (Wildman–Crippen LogP) is 5.08. The molecule has 0 saturated heterocycles. The molecular formula is C24H24N2O4S. The number of ketones is 1. The predicted molar refractivity (Wildman–Crippen MR) is 120 cm³/mol. The molecular weight excluding hydrogens is 412 g/mol. The van der Waals surface area contributed by atoms with Gasteiger partial charge in [-0.2, -0.15) is 0 Å². The number of benzene rings is 3. The number of Topliss-reactive ketones (excluding diaryl/α,β-unsaturated/α-hetero) is 1. The van der Waals surface area contributed by atoms with Crippen molar-refractivity contribution in [1.82, 2.24) is 0 Å². The van der Waals surface area contributed by atoms with Crippen molar-refractivity contribution in [2.75, 3.05) is 6.61 Å². The summed E-state index contributed by atoms with van der Waals surface area (Å²) in [6.45, 7) is 2.79. The molecule has 0 radical (unpaired) electrons. The average molecular weight is 437 g/mol. The van der Waals surface area contributed by atoms with Crippen LogP contribution in [0, 0.1) is 0 Å². The third kappa shape index (κ3) is 5.26. The van der Waals surface area contributed by atoms with Crippen LogP contribution in [0.3, 0.4) is 0 Å². The molecule has 0 heterocycles. The van der Waals surface area contributed by atoms with Crippen molar-refractivity contribution < 1.29 is 22.7 Å². The van der Waals surface area contributed by atoms with Crippen molar-refractivity contribution in [3.8, 4) is 5.75 Å². The lowest BCUT2D eigenvalue weighted by atomic mass is 10.1. The summed E-state index contributed by atoms with van der Waals surface area (Å²) in [6.07, 6.45) is 4.47. The van der Waals surface area contributed by atoms with E-state index in [0.717, 1.165) is 24.0 Å². The van der Waals surface area contributed by atoms with Gasteiger partial charge in [-0.3, -0.25) is 4.79 Å². The van der Waals surface area contributed by atoms with Crippen LogP contribution in [0.2, 0.25) is 0 Å². The topological polar surface area (TPSA) is 96.8 Å². The van der Waals surface area contributed by atoms with E-state index >= 15 is 0 Å². The first-order chi connectivity index (χ1) is 15.0. The highest BCUT2D eigenvalue weighted by Crippen LogP contribution is 2.25. The summed E-state index contributed by atoms with van der Waals surface area (Å²) in [5, 5.41) is 0.566. The molecule has 0 fully saturated rings. The Morgan fingerprint density at radius 2 is 1.65 bits per heavy atom. The number of hydrogen-bond donors (Lipinski definition) is 0. The van der Waals surface area contributed by atoms with Crippen LogP contribution in [0.15, 0.2) is 71.6 Å². The molecule has 0 aliphatic heterocycles. The van der Waals surface area contributed by atoms with Crippen molar-refractivity contribution >= 4 is 31.4 Å². The monoisotopic (exact) mass is 436 g/mol. The van der Waals surface area contributed by atoms with Gasteiger partial charge in [-0.05, 0) is 41.5 Å². The Kier molecular flexibility index (Phi) is 7.34. The van der Waals surface area contributed by atoms with E-state index < -0.39 is 20.7 Å². The van der Waals surface area contributed by atoms with Gasteiger partial charge in [0, 0.05) is 5.56 Å². The van der Waals surface area contributed by atoms with Crippen molar-refractivity contribution in [3.05, 3.63) is 77.8 Å². The zero-order valence-corrected chi connectivity index (χ0v) is 18.1. The highest BCUT2D eigenvalue weighted by atomic mass is 32.2. The first-order valence-corrected chi connectivity index (χ1v) is 11.7. The second-order valence-corrected chi connectivity index (χ2v) is 9.05. The van der Waals surface area contributed by atoms with E-state index in [1.807, 2.05) is 6.07 Å². The number of rotatable bonds is 9. The zero-order valence-electron chi connectivity index (χ0n) is 17.3. The molecule has 0 unspecified atom stereocenters. The number of hydrogen-bond acceptors (Lipinski definition) is 4. The second kappa shape index (κ2) is 10.2. The highest BCUT2D eigenvalue weighted by molar-refractivity contribution is 8.08. The molecule has 0 bridgehead atoms. The third-order valence-electron chi connectivity index (χ3n) is 4.94. The maximum Gasteiger partial charge on any atom is 0.456 e. The Morgan fingerprint density at radius 1 is 0.935 bits per heavy atom. The Balaban J connectivity index is 1.83.